The van der Waals surface area contributed by atoms with Gasteiger partial charge in [-0.3, -0.25) is 0 Å². The van der Waals surface area contributed by atoms with Crippen LogP contribution in [-0.2, 0) is 0 Å². The number of nitrogens with two attached hydrogens (primary N) is 1. The number of pyridine rings is 1. The molecule has 1 aliphatic rings. The number of piperazine rings is 1. The molecule has 2 heterocycles. The van der Waals surface area contributed by atoms with Crippen LogP contribution < -0.4 is 10.6 Å². The second kappa shape index (κ2) is 4.81. The number of anilines is 2. The fraction of sp³-hybridized carbons (Fsp3) is 0.500. The van der Waals surface area contributed by atoms with E-state index in [9.17, 15) is 4.79 Å². The van der Waals surface area contributed by atoms with Crippen molar-refractivity contribution in [2.24, 2.45) is 0 Å². The summed E-state index contributed by atoms with van der Waals surface area (Å²) >= 11 is 0. The summed E-state index contributed by atoms with van der Waals surface area (Å²) in [5.74, 6) is -0.437. The monoisotopic (exact) mass is 250 g/mol. The van der Waals surface area contributed by atoms with Gasteiger partial charge in [0.15, 0.2) is 5.82 Å². The minimum Gasteiger partial charge on any atom is -0.478 e. The molecular formula is C12H18N4O2. The Morgan fingerprint density at radius 2 is 2.28 bits per heavy atom. The molecule has 6 heteroatoms. The van der Waals surface area contributed by atoms with Crippen LogP contribution in [0.15, 0.2) is 12.3 Å². The fourth-order valence-corrected chi connectivity index (χ4v) is 2.33. The average molecular weight is 250 g/mol. The first-order chi connectivity index (χ1) is 8.50. The molecule has 1 aromatic rings. The molecule has 0 radical (unpaired) electrons. The molecule has 0 bridgehead atoms. The number of hydrogen-bond acceptors (Lipinski definition) is 5. The van der Waals surface area contributed by atoms with E-state index in [0.29, 0.717) is 5.82 Å². The minimum absolute atomic E-state index is 0.117. The van der Waals surface area contributed by atoms with Crippen molar-refractivity contribution in [3.63, 3.8) is 0 Å². The zero-order valence-electron chi connectivity index (χ0n) is 10.6. The third-order valence-electron chi connectivity index (χ3n) is 3.30. The van der Waals surface area contributed by atoms with Crippen LogP contribution in [0.3, 0.4) is 0 Å². The summed E-state index contributed by atoms with van der Waals surface area (Å²) in [6.45, 7) is 4.73. The maximum Gasteiger partial charge on any atom is 0.337 e. The summed E-state index contributed by atoms with van der Waals surface area (Å²) < 4.78 is 0. The van der Waals surface area contributed by atoms with Gasteiger partial charge in [0, 0.05) is 31.9 Å². The van der Waals surface area contributed by atoms with E-state index in [0.717, 1.165) is 19.6 Å². The average Bonchev–Trinajstić information content (AvgIpc) is 2.30. The van der Waals surface area contributed by atoms with Gasteiger partial charge in [-0.1, -0.05) is 0 Å². The second-order valence-electron chi connectivity index (χ2n) is 4.71. The van der Waals surface area contributed by atoms with Crippen LogP contribution in [0, 0.1) is 0 Å². The Kier molecular flexibility index (Phi) is 3.38. The number of aromatic carboxylic acids is 1. The van der Waals surface area contributed by atoms with Gasteiger partial charge in [-0.25, -0.2) is 9.78 Å². The zero-order chi connectivity index (χ0) is 13.3. The van der Waals surface area contributed by atoms with Crippen LogP contribution in [0.25, 0.3) is 0 Å². The van der Waals surface area contributed by atoms with Crippen molar-refractivity contribution in [3.8, 4) is 0 Å². The lowest BCUT2D eigenvalue weighted by Gasteiger charge is -2.39. The molecule has 1 aromatic heterocycles. The Hall–Kier alpha value is -1.82. The minimum atomic E-state index is -1.02. The molecule has 6 nitrogen and oxygen atoms in total. The molecule has 0 aromatic carbocycles. The maximum absolute atomic E-state index is 11.1. The first-order valence-corrected chi connectivity index (χ1v) is 5.93. The number of likely N-dealkylation sites (N-methyl/N-ethyl adjacent to an activating group) is 1. The van der Waals surface area contributed by atoms with E-state index in [1.165, 1.54) is 12.3 Å². The van der Waals surface area contributed by atoms with Gasteiger partial charge in [-0.05, 0) is 20.0 Å². The molecule has 98 valence electrons. The van der Waals surface area contributed by atoms with E-state index in [2.05, 4.69) is 28.8 Å². The van der Waals surface area contributed by atoms with E-state index in [1.54, 1.807) is 0 Å². The number of carbonyl (C=O) groups is 1. The van der Waals surface area contributed by atoms with Gasteiger partial charge in [0.1, 0.15) is 0 Å². The van der Waals surface area contributed by atoms with E-state index in [4.69, 9.17) is 10.8 Å². The topological polar surface area (TPSA) is 82.7 Å². The quantitative estimate of drug-likeness (QED) is 0.795. The lowest BCUT2D eigenvalue weighted by molar-refractivity contribution is 0.0698. The highest BCUT2D eigenvalue weighted by Crippen LogP contribution is 2.27. The molecule has 3 N–H and O–H groups in total. The highest BCUT2D eigenvalue weighted by molar-refractivity contribution is 5.96. The normalized spacial score (nSPS) is 21.0. The number of carboxylic acids is 1. The predicted octanol–water partition coefficient (Wildman–Crippen LogP) is 0.502. The van der Waals surface area contributed by atoms with Crippen LogP contribution in [0.1, 0.15) is 17.3 Å². The Morgan fingerprint density at radius 3 is 2.89 bits per heavy atom. The van der Waals surface area contributed by atoms with Crippen molar-refractivity contribution in [1.29, 1.82) is 0 Å². The van der Waals surface area contributed by atoms with Gasteiger partial charge in [-0.2, -0.15) is 0 Å². The Balaban J connectivity index is 2.33. The number of rotatable bonds is 2. The Bertz CT molecular complexity index is 463. The summed E-state index contributed by atoms with van der Waals surface area (Å²) in [4.78, 5) is 19.6. The third kappa shape index (κ3) is 2.24. The molecule has 1 fully saturated rings. The lowest BCUT2D eigenvalue weighted by Crippen LogP contribution is -2.51. The van der Waals surface area contributed by atoms with E-state index < -0.39 is 5.97 Å². The highest BCUT2D eigenvalue weighted by atomic mass is 16.4. The van der Waals surface area contributed by atoms with Crippen LogP contribution in [-0.4, -0.2) is 53.7 Å². The molecule has 0 spiro atoms. The number of nitrogen functional groups attached to an aromatic ring is 1. The van der Waals surface area contributed by atoms with Gasteiger partial charge in [0.2, 0.25) is 0 Å². The predicted molar refractivity (Wildman–Crippen MR) is 69.9 cm³/mol. The first-order valence-electron chi connectivity index (χ1n) is 5.93. The Morgan fingerprint density at radius 1 is 1.56 bits per heavy atom. The Labute approximate surface area is 106 Å². The molecule has 1 aliphatic heterocycles. The number of hydrogen-bond donors (Lipinski definition) is 2. The van der Waals surface area contributed by atoms with Crippen LogP contribution in [0.2, 0.25) is 0 Å². The van der Waals surface area contributed by atoms with E-state index >= 15 is 0 Å². The lowest BCUT2D eigenvalue weighted by atomic mass is 10.1. The van der Waals surface area contributed by atoms with Gasteiger partial charge < -0.3 is 20.6 Å². The van der Waals surface area contributed by atoms with Gasteiger partial charge in [-0.15, -0.1) is 0 Å². The highest BCUT2D eigenvalue weighted by Gasteiger charge is 2.25. The molecular weight excluding hydrogens is 232 g/mol. The first kappa shape index (κ1) is 12.6. The third-order valence-corrected chi connectivity index (χ3v) is 3.30. The number of aromatic nitrogens is 1. The van der Waals surface area contributed by atoms with Crippen molar-refractivity contribution >= 4 is 17.5 Å². The summed E-state index contributed by atoms with van der Waals surface area (Å²) in [6, 6.07) is 1.70. The van der Waals surface area contributed by atoms with Gasteiger partial charge in [0.25, 0.3) is 0 Å². The van der Waals surface area contributed by atoms with Crippen molar-refractivity contribution in [2.75, 3.05) is 37.3 Å². The van der Waals surface area contributed by atoms with Gasteiger partial charge >= 0.3 is 5.97 Å². The fourth-order valence-electron chi connectivity index (χ4n) is 2.33. The zero-order valence-corrected chi connectivity index (χ0v) is 10.6. The summed E-state index contributed by atoms with van der Waals surface area (Å²) in [6.07, 6.45) is 1.50. The van der Waals surface area contributed by atoms with Crippen LogP contribution in [0.4, 0.5) is 11.5 Å². The van der Waals surface area contributed by atoms with E-state index in [1.807, 2.05) is 0 Å². The van der Waals surface area contributed by atoms with Crippen molar-refractivity contribution in [1.82, 2.24) is 9.88 Å². The molecule has 1 unspecified atom stereocenters. The van der Waals surface area contributed by atoms with Gasteiger partial charge in [0.05, 0.1) is 11.3 Å². The summed E-state index contributed by atoms with van der Waals surface area (Å²) in [5, 5.41) is 9.06. The molecule has 0 saturated carbocycles. The standard InChI is InChI=1S/C12H18N4O2/c1-8-7-15(2)5-6-16(8)11-10(13)9(12(17)18)3-4-14-11/h3-4,8H,5-7,13H2,1-2H3,(H,17,18). The van der Waals surface area contributed by atoms with Crippen molar-refractivity contribution in [2.45, 2.75) is 13.0 Å². The smallest absolute Gasteiger partial charge is 0.337 e. The van der Waals surface area contributed by atoms with Crippen molar-refractivity contribution in [3.05, 3.63) is 17.8 Å². The van der Waals surface area contributed by atoms with Crippen LogP contribution in [0.5, 0.6) is 0 Å². The molecule has 2 rings (SSSR count). The molecule has 18 heavy (non-hydrogen) atoms. The maximum atomic E-state index is 11.1. The SMILES string of the molecule is CC1CN(C)CCN1c1nccc(C(=O)O)c1N. The molecule has 1 atom stereocenters. The summed E-state index contributed by atoms with van der Waals surface area (Å²) in [7, 11) is 2.07. The second-order valence-corrected chi connectivity index (χ2v) is 4.71. The molecule has 0 amide bonds. The van der Waals surface area contributed by atoms with Crippen LogP contribution >= 0.6 is 0 Å². The number of nitrogens with zero attached hydrogens (tertiary/aromatic N) is 3. The molecule has 1 saturated heterocycles. The summed E-state index contributed by atoms with van der Waals surface area (Å²) in [5.41, 5.74) is 6.28. The number of carboxylic acid groups (broad SMARTS) is 1. The van der Waals surface area contributed by atoms with Crippen molar-refractivity contribution < 1.29 is 9.90 Å². The van der Waals surface area contributed by atoms with E-state index in [-0.39, 0.29) is 17.3 Å². The largest absolute Gasteiger partial charge is 0.478 e. The molecule has 0 aliphatic carbocycles.